The zero-order chi connectivity index (χ0) is 14.4. The van der Waals surface area contributed by atoms with Gasteiger partial charge in [-0.1, -0.05) is 19.1 Å². The Morgan fingerprint density at radius 3 is 2.85 bits per heavy atom. The first-order valence-electron chi connectivity index (χ1n) is 6.51. The summed E-state index contributed by atoms with van der Waals surface area (Å²) in [5.74, 6) is 0.615. The van der Waals surface area contributed by atoms with Gasteiger partial charge in [-0.25, -0.2) is 0 Å². The van der Waals surface area contributed by atoms with Crippen LogP contribution in [0.4, 0.5) is 0 Å². The number of carbonyl (C=O) groups excluding carboxylic acids is 1. The molecule has 0 N–H and O–H groups in total. The van der Waals surface area contributed by atoms with Gasteiger partial charge < -0.3 is 4.74 Å². The average molecular weight is 287 g/mol. The lowest BCUT2D eigenvalue weighted by Gasteiger charge is -2.08. The molecule has 104 valence electrons. The van der Waals surface area contributed by atoms with Crippen molar-refractivity contribution in [2.24, 2.45) is 0 Å². The summed E-state index contributed by atoms with van der Waals surface area (Å²) >= 11 is 1.56. The number of ketones is 1. The zero-order valence-electron chi connectivity index (χ0n) is 11.6. The van der Waals surface area contributed by atoms with Gasteiger partial charge in [0.15, 0.2) is 5.78 Å². The highest BCUT2D eigenvalue weighted by atomic mass is 32.2. The molecule has 0 bridgehead atoms. The molecule has 0 saturated carbocycles. The van der Waals surface area contributed by atoms with Crippen LogP contribution in [0.5, 0.6) is 5.75 Å². The number of carbonyl (C=O) groups is 1. The fourth-order valence-corrected chi connectivity index (χ4v) is 2.42. The Kier molecular flexibility index (Phi) is 5.18. The summed E-state index contributed by atoms with van der Waals surface area (Å²) in [7, 11) is 0. The predicted octanol–water partition coefficient (Wildman–Crippen LogP) is 3.82. The Hall–Kier alpha value is -1.81. The molecule has 0 amide bonds. The highest BCUT2D eigenvalue weighted by molar-refractivity contribution is 7.98. The molecule has 0 aliphatic carbocycles. The van der Waals surface area contributed by atoms with Gasteiger partial charge in [-0.2, -0.15) is 0 Å². The van der Waals surface area contributed by atoms with E-state index in [4.69, 9.17) is 4.74 Å². The first-order valence-corrected chi connectivity index (χ1v) is 7.74. The molecule has 1 aromatic heterocycles. The Morgan fingerprint density at radius 2 is 2.10 bits per heavy atom. The number of hydrogen-bond donors (Lipinski definition) is 0. The van der Waals surface area contributed by atoms with E-state index in [0.717, 1.165) is 11.3 Å². The van der Waals surface area contributed by atoms with Crippen molar-refractivity contribution in [1.29, 1.82) is 0 Å². The molecule has 0 unspecified atom stereocenters. The van der Waals surface area contributed by atoms with Crippen LogP contribution >= 0.6 is 11.8 Å². The summed E-state index contributed by atoms with van der Waals surface area (Å²) < 4.78 is 5.52. The molecule has 0 radical (unpaired) electrons. The van der Waals surface area contributed by atoms with E-state index in [1.807, 2.05) is 37.4 Å². The number of nitrogens with zero attached hydrogens (tertiary/aromatic N) is 1. The summed E-state index contributed by atoms with van der Waals surface area (Å²) in [6.07, 6.45) is 6.10. The zero-order valence-corrected chi connectivity index (χ0v) is 12.4. The first-order chi connectivity index (χ1) is 9.76. The van der Waals surface area contributed by atoms with Crippen LogP contribution in [0.3, 0.4) is 0 Å². The van der Waals surface area contributed by atoms with Crippen LogP contribution in [0.1, 0.15) is 29.3 Å². The number of rotatable bonds is 6. The monoisotopic (exact) mass is 287 g/mol. The van der Waals surface area contributed by atoms with E-state index < -0.39 is 0 Å². The van der Waals surface area contributed by atoms with E-state index in [1.165, 1.54) is 0 Å². The summed E-state index contributed by atoms with van der Waals surface area (Å²) in [6.45, 7) is 2.66. The van der Waals surface area contributed by atoms with Gasteiger partial charge in [0, 0.05) is 22.2 Å². The van der Waals surface area contributed by atoms with Gasteiger partial charge in [0.2, 0.25) is 0 Å². The second-order valence-electron chi connectivity index (χ2n) is 4.29. The van der Waals surface area contributed by atoms with Crippen LogP contribution in [0.15, 0.2) is 47.6 Å². The molecule has 0 fully saturated rings. The Balaban J connectivity index is 2.28. The lowest BCUT2D eigenvalue weighted by atomic mass is 10.1. The van der Waals surface area contributed by atoms with Gasteiger partial charge in [0.05, 0.1) is 12.8 Å². The minimum atomic E-state index is -0.0237. The molecule has 0 spiro atoms. The average Bonchev–Trinajstić information content (AvgIpc) is 2.52. The maximum Gasteiger partial charge on any atom is 0.195 e. The van der Waals surface area contributed by atoms with Crippen molar-refractivity contribution in [2.45, 2.75) is 18.2 Å². The van der Waals surface area contributed by atoms with Crippen molar-refractivity contribution in [3.63, 3.8) is 0 Å². The first kappa shape index (κ1) is 14.6. The largest absolute Gasteiger partial charge is 0.492 e. The lowest BCUT2D eigenvalue weighted by molar-refractivity contribution is 0.103. The Bertz CT molecular complexity index is 599. The molecule has 1 heterocycles. The van der Waals surface area contributed by atoms with E-state index in [0.29, 0.717) is 23.5 Å². The number of aromatic nitrogens is 1. The van der Waals surface area contributed by atoms with Crippen molar-refractivity contribution < 1.29 is 9.53 Å². The van der Waals surface area contributed by atoms with Crippen molar-refractivity contribution >= 4 is 17.5 Å². The van der Waals surface area contributed by atoms with Crippen molar-refractivity contribution in [3.8, 4) is 5.75 Å². The van der Waals surface area contributed by atoms with E-state index in [1.54, 1.807) is 30.2 Å². The molecule has 1 aromatic carbocycles. The molecule has 0 atom stereocenters. The third-order valence-corrected chi connectivity index (χ3v) is 3.60. The Morgan fingerprint density at radius 1 is 1.30 bits per heavy atom. The van der Waals surface area contributed by atoms with E-state index in [2.05, 4.69) is 4.98 Å². The van der Waals surface area contributed by atoms with Crippen LogP contribution in [0, 0.1) is 0 Å². The number of pyridine rings is 1. The number of benzene rings is 1. The van der Waals surface area contributed by atoms with Gasteiger partial charge >= 0.3 is 0 Å². The molecule has 20 heavy (non-hydrogen) atoms. The lowest BCUT2D eigenvalue weighted by Crippen LogP contribution is -2.04. The molecular weight excluding hydrogens is 270 g/mol. The number of ether oxygens (including phenoxy) is 1. The van der Waals surface area contributed by atoms with E-state index in [9.17, 15) is 4.79 Å². The quantitative estimate of drug-likeness (QED) is 0.598. The molecule has 0 aliphatic heterocycles. The van der Waals surface area contributed by atoms with Crippen LogP contribution < -0.4 is 4.74 Å². The summed E-state index contributed by atoms with van der Waals surface area (Å²) in [5, 5.41) is 0. The predicted molar refractivity (Wildman–Crippen MR) is 81.7 cm³/mol. The number of hydrogen-bond acceptors (Lipinski definition) is 4. The van der Waals surface area contributed by atoms with Crippen LogP contribution in [-0.2, 0) is 0 Å². The molecular formula is C16H17NO2S. The molecule has 0 aliphatic rings. The molecule has 4 heteroatoms. The number of thioether (sulfide) groups is 1. The minimum absolute atomic E-state index is 0.0237. The SMILES string of the molecule is CCCOc1cncc(C(=O)c2ccccc2SC)c1. The topological polar surface area (TPSA) is 39.2 Å². The molecule has 3 nitrogen and oxygen atoms in total. The third-order valence-electron chi connectivity index (χ3n) is 2.80. The van der Waals surface area contributed by atoms with Gasteiger partial charge in [0.25, 0.3) is 0 Å². The van der Waals surface area contributed by atoms with Crippen LogP contribution in [0.2, 0.25) is 0 Å². The minimum Gasteiger partial charge on any atom is -0.492 e. The van der Waals surface area contributed by atoms with Gasteiger partial charge in [-0.3, -0.25) is 9.78 Å². The van der Waals surface area contributed by atoms with Gasteiger partial charge in [-0.15, -0.1) is 11.8 Å². The summed E-state index contributed by atoms with van der Waals surface area (Å²) in [6, 6.07) is 9.35. The smallest absolute Gasteiger partial charge is 0.195 e. The van der Waals surface area contributed by atoms with Crippen molar-refractivity contribution in [2.75, 3.05) is 12.9 Å². The van der Waals surface area contributed by atoms with Crippen LogP contribution in [-0.4, -0.2) is 23.6 Å². The summed E-state index contributed by atoms with van der Waals surface area (Å²) in [5.41, 5.74) is 1.26. The fraction of sp³-hybridized carbons (Fsp3) is 0.250. The summed E-state index contributed by atoms with van der Waals surface area (Å²) in [4.78, 5) is 17.6. The highest BCUT2D eigenvalue weighted by Gasteiger charge is 2.14. The third kappa shape index (κ3) is 3.39. The van der Waals surface area contributed by atoms with Crippen molar-refractivity contribution in [3.05, 3.63) is 53.9 Å². The molecule has 2 rings (SSSR count). The van der Waals surface area contributed by atoms with E-state index >= 15 is 0 Å². The van der Waals surface area contributed by atoms with Gasteiger partial charge in [0.1, 0.15) is 5.75 Å². The standard InChI is InChI=1S/C16H17NO2S/c1-3-8-19-13-9-12(10-17-11-13)16(18)14-6-4-5-7-15(14)20-2/h4-7,9-11H,3,8H2,1-2H3. The Labute approximate surface area is 123 Å². The second kappa shape index (κ2) is 7.10. The molecule has 0 saturated heterocycles. The molecule has 2 aromatic rings. The van der Waals surface area contributed by atoms with Crippen molar-refractivity contribution in [1.82, 2.24) is 4.98 Å². The maximum absolute atomic E-state index is 12.5. The fourth-order valence-electron chi connectivity index (χ4n) is 1.83. The highest BCUT2D eigenvalue weighted by Crippen LogP contribution is 2.23. The van der Waals surface area contributed by atoms with E-state index in [-0.39, 0.29) is 5.78 Å². The normalized spacial score (nSPS) is 10.3. The maximum atomic E-state index is 12.5. The van der Waals surface area contributed by atoms with Crippen LogP contribution in [0.25, 0.3) is 0 Å². The van der Waals surface area contributed by atoms with Gasteiger partial charge in [-0.05, 0) is 30.9 Å². The second-order valence-corrected chi connectivity index (χ2v) is 5.14.